The zero-order valence-corrected chi connectivity index (χ0v) is 17.8. The number of amides is 1. The highest BCUT2D eigenvalue weighted by Gasteiger charge is 2.29. The summed E-state index contributed by atoms with van der Waals surface area (Å²) >= 11 is 6.58. The minimum Gasteiger partial charge on any atom is -0.486 e. The van der Waals surface area contributed by atoms with E-state index in [1.807, 2.05) is 68.4 Å². The second-order valence-electron chi connectivity index (χ2n) is 7.24. The summed E-state index contributed by atoms with van der Waals surface area (Å²) in [6.45, 7) is 5.58. The lowest BCUT2D eigenvalue weighted by Gasteiger charge is -2.31. The fourth-order valence-corrected chi connectivity index (χ4v) is 3.89. The van der Waals surface area contributed by atoms with E-state index in [2.05, 4.69) is 5.10 Å². The third-order valence-electron chi connectivity index (χ3n) is 5.11. The molecule has 156 valence electrons. The van der Waals surface area contributed by atoms with Crippen LogP contribution < -0.4 is 9.47 Å². The second kappa shape index (κ2) is 8.79. The first kappa shape index (κ1) is 20.3. The molecule has 2 heterocycles. The van der Waals surface area contributed by atoms with Crippen LogP contribution in [-0.4, -0.2) is 46.4 Å². The van der Waals surface area contributed by atoms with Crippen LogP contribution >= 0.6 is 11.6 Å². The van der Waals surface area contributed by atoms with E-state index in [9.17, 15) is 4.79 Å². The second-order valence-corrected chi connectivity index (χ2v) is 7.59. The molecule has 3 aromatic rings. The number of rotatable bonds is 6. The predicted octanol–water partition coefficient (Wildman–Crippen LogP) is 4.20. The lowest BCUT2D eigenvalue weighted by Crippen LogP contribution is -2.43. The quantitative estimate of drug-likeness (QED) is 0.594. The summed E-state index contributed by atoms with van der Waals surface area (Å²) in [5, 5.41) is 4.85. The number of likely N-dealkylation sites (N-methyl/N-ethyl adjacent to an activating group) is 1. The molecule has 0 spiro atoms. The van der Waals surface area contributed by atoms with Crippen molar-refractivity contribution in [1.82, 2.24) is 14.7 Å². The van der Waals surface area contributed by atoms with Crippen LogP contribution in [0.15, 0.2) is 54.6 Å². The highest BCUT2D eigenvalue weighted by atomic mass is 35.5. The van der Waals surface area contributed by atoms with Gasteiger partial charge in [-0.15, -0.1) is 0 Å². The van der Waals surface area contributed by atoms with E-state index in [1.54, 1.807) is 9.58 Å². The van der Waals surface area contributed by atoms with Crippen molar-refractivity contribution in [2.24, 2.45) is 0 Å². The molecule has 1 aromatic heterocycles. The lowest BCUT2D eigenvalue weighted by molar-refractivity contribution is 0.0474. The average Bonchev–Trinajstić information content (AvgIpc) is 3.05. The maximum Gasteiger partial charge on any atom is 0.259 e. The van der Waals surface area contributed by atoms with Crippen LogP contribution in [0, 0.1) is 6.92 Å². The minimum atomic E-state index is -0.248. The number of aryl methyl sites for hydroxylation is 1. The predicted molar refractivity (Wildman–Crippen MR) is 115 cm³/mol. The number of carbonyl (C=O) groups is 1. The van der Waals surface area contributed by atoms with Gasteiger partial charge < -0.3 is 14.4 Å². The van der Waals surface area contributed by atoms with Crippen LogP contribution in [0.3, 0.4) is 0 Å². The SMILES string of the molecule is CCN(CC1COc2ccccc2O1)C(=O)c1c(C)nn(Cc2ccccc2)c1Cl. The number of carbonyl (C=O) groups excluding carboxylic acids is 1. The molecule has 0 saturated carbocycles. The lowest BCUT2D eigenvalue weighted by atomic mass is 10.2. The van der Waals surface area contributed by atoms with E-state index in [1.165, 1.54) is 0 Å². The smallest absolute Gasteiger partial charge is 0.259 e. The first-order valence-electron chi connectivity index (χ1n) is 10.0. The molecular formula is C23H24ClN3O3. The molecule has 2 aromatic carbocycles. The number of hydrogen-bond acceptors (Lipinski definition) is 4. The molecule has 6 nitrogen and oxygen atoms in total. The van der Waals surface area contributed by atoms with Crippen LogP contribution in [0.25, 0.3) is 0 Å². The van der Waals surface area contributed by atoms with Gasteiger partial charge in [0.25, 0.3) is 5.91 Å². The minimum absolute atomic E-state index is 0.151. The maximum atomic E-state index is 13.3. The van der Waals surface area contributed by atoms with Crippen molar-refractivity contribution < 1.29 is 14.3 Å². The van der Waals surface area contributed by atoms with E-state index in [0.717, 1.165) is 11.3 Å². The number of halogens is 1. The summed E-state index contributed by atoms with van der Waals surface area (Å²) in [7, 11) is 0. The van der Waals surface area contributed by atoms with E-state index < -0.39 is 0 Å². The number of ether oxygens (including phenoxy) is 2. The van der Waals surface area contributed by atoms with Crippen LogP contribution in [0.5, 0.6) is 11.5 Å². The average molecular weight is 426 g/mol. The third-order valence-corrected chi connectivity index (χ3v) is 5.50. The van der Waals surface area contributed by atoms with Crippen molar-refractivity contribution in [2.75, 3.05) is 19.7 Å². The Bertz CT molecular complexity index is 1040. The highest BCUT2D eigenvalue weighted by Crippen LogP contribution is 2.31. The van der Waals surface area contributed by atoms with Crippen LogP contribution in [0.4, 0.5) is 0 Å². The Kier molecular flexibility index (Phi) is 5.95. The molecule has 30 heavy (non-hydrogen) atoms. The Balaban J connectivity index is 1.50. The summed E-state index contributed by atoms with van der Waals surface area (Å²) < 4.78 is 13.5. The van der Waals surface area contributed by atoms with Gasteiger partial charge in [-0.1, -0.05) is 54.1 Å². The zero-order valence-electron chi connectivity index (χ0n) is 17.0. The molecule has 4 rings (SSSR count). The van der Waals surface area contributed by atoms with Crippen molar-refractivity contribution >= 4 is 17.5 Å². The summed E-state index contributed by atoms with van der Waals surface area (Å²) in [5.74, 6) is 1.27. The van der Waals surface area contributed by atoms with Gasteiger partial charge in [0.05, 0.1) is 24.3 Å². The maximum absolute atomic E-state index is 13.3. The first-order valence-corrected chi connectivity index (χ1v) is 10.4. The van der Waals surface area contributed by atoms with Gasteiger partial charge in [0.2, 0.25) is 0 Å². The summed E-state index contributed by atoms with van der Waals surface area (Å²) in [5.41, 5.74) is 2.12. The van der Waals surface area contributed by atoms with Gasteiger partial charge in [-0.2, -0.15) is 5.10 Å². The molecular weight excluding hydrogens is 402 g/mol. The Morgan fingerprint density at radius 3 is 2.60 bits per heavy atom. The van der Waals surface area contributed by atoms with E-state index in [4.69, 9.17) is 21.1 Å². The monoisotopic (exact) mass is 425 g/mol. The standard InChI is InChI=1S/C23H24ClN3O3/c1-3-26(14-18-15-29-19-11-7-8-12-20(19)30-18)23(28)21-16(2)25-27(22(21)24)13-17-9-5-4-6-10-17/h4-12,18H,3,13-15H2,1-2H3. The number of benzene rings is 2. The Morgan fingerprint density at radius 1 is 1.17 bits per heavy atom. The van der Waals surface area contributed by atoms with Crippen LogP contribution in [-0.2, 0) is 6.54 Å². The highest BCUT2D eigenvalue weighted by molar-refractivity contribution is 6.33. The molecule has 0 aliphatic carbocycles. The number of hydrogen-bond donors (Lipinski definition) is 0. The summed E-state index contributed by atoms with van der Waals surface area (Å²) in [4.78, 5) is 15.0. The van der Waals surface area contributed by atoms with Gasteiger partial charge in [-0.05, 0) is 31.5 Å². The molecule has 1 aliphatic heterocycles. The number of nitrogens with zero attached hydrogens (tertiary/aromatic N) is 3. The van der Waals surface area contributed by atoms with Crippen molar-refractivity contribution in [1.29, 1.82) is 0 Å². The van der Waals surface area contributed by atoms with Crippen molar-refractivity contribution in [3.63, 3.8) is 0 Å². The van der Waals surface area contributed by atoms with Crippen molar-refractivity contribution in [2.45, 2.75) is 26.5 Å². The Labute approximate surface area is 181 Å². The number of fused-ring (bicyclic) bond motifs is 1. The summed E-state index contributed by atoms with van der Waals surface area (Å²) in [6, 6.07) is 17.5. The van der Waals surface area contributed by atoms with Gasteiger partial charge >= 0.3 is 0 Å². The van der Waals surface area contributed by atoms with E-state index in [-0.39, 0.29) is 12.0 Å². The Morgan fingerprint density at radius 2 is 1.87 bits per heavy atom. The van der Waals surface area contributed by atoms with Gasteiger partial charge in [-0.25, -0.2) is 4.68 Å². The molecule has 0 bridgehead atoms. The van der Waals surface area contributed by atoms with E-state index in [0.29, 0.717) is 48.4 Å². The molecule has 0 saturated heterocycles. The molecule has 0 fully saturated rings. The topological polar surface area (TPSA) is 56.6 Å². The molecule has 0 radical (unpaired) electrons. The molecule has 1 aliphatic rings. The molecule has 1 unspecified atom stereocenters. The molecule has 1 amide bonds. The Hall–Kier alpha value is -2.99. The van der Waals surface area contributed by atoms with Crippen LogP contribution in [0.2, 0.25) is 5.15 Å². The number of para-hydroxylation sites is 2. The van der Waals surface area contributed by atoms with E-state index >= 15 is 0 Å². The third kappa shape index (κ3) is 4.14. The van der Waals surface area contributed by atoms with Crippen LogP contribution in [0.1, 0.15) is 28.5 Å². The fourth-order valence-electron chi connectivity index (χ4n) is 3.57. The molecule has 7 heteroatoms. The first-order chi connectivity index (χ1) is 14.6. The van der Waals surface area contributed by atoms with Crippen molar-refractivity contribution in [3.05, 3.63) is 76.6 Å². The number of aromatic nitrogens is 2. The van der Waals surface area contributed by atoms with Gasteiger partial charge in [-0.3, -0.25) is 4.79 Å². The summed E-state index contributed by atoms with van der Waals surface area (Å²) in [6.07, 6.45) is -0.248. The van der Waals surface area contributed by atoms with Gasteiger partial charge in [0.15, 0.2) is 17.6 Å². The van der Waals surface area contributed by atoms with Gasteiger partial charge in [0.1, 0.15) is 11.8 Å². The molecule has 0 N–H and O–H groups in total. The van der Waals surface area contributed by atoms with Gasteiger partial charge in [0, 0.05) is 6.54 Å². The van der Waals surface area contributed by atoms with Crippen molar-refractivity contribution in [3.8, 4) is 11.5 Å². The molecule has 1 atom stereocenters. The zero-order chi connectivity index (χ0) is 21.1. The fraction of sp³-hybridized carbons (Fsp3) is 0.304. The normalized spacial score (nSPS) is 15.1. The largest absolute Gasteiger partial charge is 0.486 e.